The number of ether oxygens (including phenoxy) is 1. The van der Waals surface area contributed by atoms with Gasteiger partial charge < -0.3 is 15.0 Å². The number of carbonyl (C=O) groups excluding carboxylic acids is 1. The van der Waals surface area contributed by atoms with E-state index in [2.05, 4.69) is 15.5 Å². The minimum absolute atomic E-state index is 0.105. The third kappa shape index (κ3) is 3.26. The van der Waals surface area contributed by atoms with Crippen molar-refractivity contribution in [3.05, 3.63) is 16.4 Å². The van der Waals surface area contributed by atoms with Gasteiger partial charge in [0.1, 0.15) is 6.04 Å². The molecular weight excluding hydrogens is 291 g/mol. The first-order valence-corrected chi connectivity index (χ1v) is 6.70. The molecule has 0 saturated carbocycles. The lowest BCUT2D eigenvalue weighted by atomic mass is 10.2. The first kappa shape index (κ1) is 14.3. The van der Waals surface area contributed by atoms with Crippen molar-refractivity contribution >= 4 is 34.8 Å². The Kier molecular flexibility index (Phi) is 4.79. The number of nitrogens with one attached hydrogen (secondary N) is 1. The van der Waals surface area contributed by atoms with E-state index < -0.39 is 6.04 Å². The molecule has 1 aromatic rings. The number of halogens is 2. The third-order valence-corrected chi connectivity index (χ3v) is 3.25. The Morgan fingerprint density at radius 1 is 1.58 bits per heavy atom. The lowest BCUT2D eigenvalue weighted by molar-refractivity contribution is -0.124. The monoisotopic (exact) mass is 304 g/mol. The second kappa shape index (κ2) is 6.36. The predicted molar refractivity (Wildman–Crippen MR) is 72.7 cm³/mol. The first-order chi connectivity index (χ1) is 9.13. The van der Waals surface area contributed by atoms with E-state index in [-0.39, 0.29) is 16.2 Å². The number of anilines is 1. The highest BCUT2D eigenvalue weighted by atomic mass is 35.5. The van der Waals surface area contributed by atoms with Gasteiger partial charge in [0.15, 0.2) is 10.3 Å². The molecule has 1 unspecified atom stereocenters. The van der Waals surface area contributed by atoms with Gasteiger partial charge >= 0.3 is 0 Å². The number of rotatable bonds is 3. The van der Waals surface area contributed by atoms with Crippen LogP contribution < -0.4 is 10.2 Å². The van der Waals surface area contributed by atoms with Crippen LogP contribution in [0.1, 0.15) is 6.92 Å². The van der Waals surface area contributed by atoms with E-state index in [0.29, 0.717) is 32.0 Å². The molecule has 19 heavy (non-hydrogen) atoms. The smallest absolute Gasteiger partial charge is 0.245 e. The van der Waals surface area contributed by atoms with E-state index >= 15 is 0 Å². The van der Waals surface area contributed by atoms with Crippen LogP contribution in [0.3, 0.4) is 0 Å². The Morgan fingerprint density at radius 2 is 2.37 bits per heavy atom. The molecule has 104 valence electrons. The molecule has 1 aliphatic rings. The summed E-state index contributed by atoms with van der Waals surface area (Å²) < 4.78 is 5.36. The summed E-state index contributed by atoms with van der Waals surface area (Å²) in [6.07, 6.45) is 0. The van der Waals surface area contributed by atoms with Crippen molar-refractivity contribution in [1.82, 2.24) is 15.5 Å². The molecule has 1 atom stereocenters. The van der Waals surface area contributed by atoms with Crippen LogP contribution in [0.25, 0.3) is 0 Å². The van der Waals surface area contributed by atoms with Gasteiger partial charge in [-0.05, 0) is 6.92 Å². The number of hydrogen-bond donors (Lipinski definition) is 1. The third-order valence-electron chi connectivity index (χ3n) is 2.79. The largest absolute Gasteiger partial charge is 0.377 e. The molecule has 0 aromatic carbocycles. The van der Waals surface area contributed by atoms with E-state index in [1.165, 1.54) is 0 Å². The molecule has 2 rings (SSSR count). The SMILES string of the molecule is CCNC(=O)C1COCCN1c1cc(Cl)nnc1Cl. The zero-order valence-electron chi connectivity index (χ0n) is 10.4. The average molecular weight is 305 g/mol. The maximum Gasteiger partial charge on any atom is 0.245 e. The molecule has 6 nitrogen and oxygen atoms in total. The second-order valence-electron chi connectivity index (χ2n) is 4.02. The Bertz CT molecular complexity index is 472. The van der Waals surface area contributed by atoms with Crippen LogP contribution in [-0.2, 0) is 9.53 Å². The van der Waals surface area contributed by atoms with Gasteiger partial charge in [-0.2, -0.15) is 0 Å². The molecule has 1 fully saturated rings. The summed E-state index contributed by atoms with van der Waals surface area (Å²) in [4.78, 5) is 13.9. The zero-order chi connectivity index (χ0) is 13.8. The summed E-state index contributed by atoms with van der Waals surface area (Å²) in [7, 11) is 0. The van der Waals surface area contributed by atoms with Crippen LogP contribution in [0.5, 0.6) is 0 Å². The summed E-state index contributed by atoms with van der Waals surface area (Å²) >= 11 is 11.9. The number of likely N-dealkylation sites (N-methyl/N-ethyl adjacent to an activating group) is 1. The van der Waals surface area contributed by atoms with Crippen LogP contribution in [0.4, 0.5) is 5.69 Å². The average Bonchev–Trinajstić information content (AvgIpc) is 2.42. The van der Waals surface area contributed by atoms with Gasteiger partial charge in [0.2, 0.25) is 5.91 Å². The molecule has 8 heteroatoms. The lowest BCUT2D eigenvalue weighted by Gasteiger charge is -2.36. The van der Waals surface area contributed by atoms with E-state index in [1.807, 2.05) is 11.8 Å². The molecule has 0 radical (unpaired) electrons. The zero-order valence-corrected chi connectivity index (χ0v) is 11.9. The number of amides is 1. The van der Waals surface area contributed by atoms with Gasteiger partial charge in [0.05, 0.1) is 18.9 Å². The van der Waals surface area contributed by atoms with Gasteiger partial charge in [-0.15, -0.1) is 10.2 Å². The van der Waals surface area contributed by atoms with Crippen molar-refractivity contribution in [3.8, 4) is 0 Å². The van der Waals surface area contributed by atoms with Crippen molar-refractivity contribution in [3.63, 3.8) is 0 Å². The summed E-state index contributed by atoms with van der Waals surface area (Å²) in [5.41, 5.74) is 0.598. The Morgan fingerprint density at radius 3 is 3.11 bits per heavy atom. The Balaban J connectivity index is 2.28. The minimum atomic E-state index is -0.438. The Labute approximate surface area is 121 Å². The fourth-order valence-corrected chi connectivity index (χ4v) is 2.29. The molecule has 1 amide bonds. The maximum atomic E-state index is 12.0. The standard InChI is InChI=1S/C11H14Cl2N4O2/c1-2-14-11(18)8-6-19-4-3-17(8)7-5-9(12)15-16-10(7)13/h5,8H,2-4,6H2,1H3,(H,14,18). The maximum absolute atomic E-state index is 12.0. The normalized spacial score (nSPS) is 19.3. The quantitative estimate of drug-likeness (QED) is 0.906. The molecule has 1 aromatic heterocycles. The summed E-state index contributed by atoms with van der Waals surface area (Å²) in [5, 5.41) is 10.7. The fourth-order valence-electron chi connectivity index (χ4n) is 1.95. The van der Waals surface area contributed by atoms with E-state index in [0.717, 1.165) is 0 Å². The van der Waals surface area contributed by atoms with Crippen LogP contribution >= 0.6 is 23.2 Å². The van der Waals surface area contributed by atoms with Crippen molar-refractivity contribution in [2.45, 2.75) is 13.0 Å². The first-order valence-electron chi connectivity index (χ1n) is 5.94. The topological polar surface area (TPSA) is 67.3 Å². The molecule has 2 heterocycles. The molecule has 1 N–H and O–H groups in total. The number of carbonyl (C=O) groups is 1. The number of hydrogen-bond acceptors (Lipinski definition) is 5. The van der Waals surface area contributed by atoms with Crippen LogP contribution in [0.15, 0.2) is 6.07 Å². The molecule has 1 aliphatic heterocycles. The minimum Gasteiger partial charge on any atom is -0.377 e. The van der Waals surface area contributed by atoms with Crippen LogP contribution in [0.2, 0.25) is 10.3 Å². The van der Waals surface area contributed by atoms with E-state index in [4.69, 9.17) is 27.9 Å². The van der Waals surface area contributed by atoms with Crippen LogP contribution in [0, 0.1) is 0 Å². The van der Waals surface area contributed by atoms with Crippen molar-refractivity contribution in [2.24, 2.45) is 0 Å². The Hall–Kier alpha value is -1.11. The van der Waals surface area contributed by atoms with Gasteiger partial charge in [0.25, 0.3) is 0 Å². The second-order valence-corrected chi connectivity index (χ2v) is 4.77. The van der Waals surface area contributed by atoms with Crippen molar-refractivity contribution < 1.29 is 9.53 Å². The van der Waals surface area contributed by atoms with Gasteiger partial charge in [-0.3, -0.25) is 4.79 Å². The van der Waals surface area contributed by atoms with Crippen LogP contribution in [-0.4, -0.2) is 48.4 Å². The molecule has 0 spiro atoms. The van der Waals surface area contributed by atoms with Crippen molar-refractivity contribution in [1.29, 1.82) is 0 Å². The summed E-state index contributed by atoms with van der Waals surface area (Å²) in [6, 6.07) is 1.17. The predicted octanol–water partition coefficient (Wildman–Crippen LogP) is 1.12. The summed E-state index contributed by atoms with van der Waals surface area (Å²) in [6.45, 7) is 3.80. The van der Waals surface area contributed by atoms with E-state index in [1.54, 1.807) is 6.07 Å². The number of aromatic nitrogens is 2. The van der Waals surface area contributed by atoms with E-state index in [9.17, 15) is 4.79 Å². The highest BCUT2D eigenvalue weighted by Gasteiger charge is 2.31. The molecule has 0 aliphatic carbocycles. The van der Waals surface area contributed by atoms with Gasteiger partial charge in [0, 0.05) is 19.2 Å². The highest BCUT2D eigenvalue weighted by molar-refractivity contribution is 6.33. The van der Waals surface area contributed by atoms with Crippen molar-refractivity contribution in [2.75, 3.05) is 31.2 Å². The fraction of sp³-hybridized carbons (Fsp3) is 0.545. The number of nitrogens with zero attached hydrogens (tertiary/aromatic N) is 3. The highest BCUT2D eigenvalue weighted by Crippen LogP contribution is 2.28. The summed E-state index contributed by atoms with van der Waals surface area (Å²) in [5.74, 6) is -0.105. The molecule has 1 saturated heterocycles. The van der Waals surface area contributed by atoms with Gasteiger partial charge in [-0.1, -0.05) is 23.2 Å². The molecular formula is C11H14Cl2N4O2. The number of morpholine rings is 1. The van der Waals surface area contributed by atoms with Gasteiger partial charge in [-0.25, -0.2) is 0 Å². The lowest BCUT2D eigenvalue weighted by Crippen LogP contribution is -2.54. The molecule has 0 bridgehead atoms.